The van der Waals surface area contributed by atoms with Crippen LogP contribution in [0.2, 0.25) is 0 Å². The molecule has 0 bridgehead atoms. The van der Waals surface area contributed by atoms with E-state index in [1.807, 2.05) is 24.3 Å². The van der Waals surface area contributed by atoms with E-state index in [1.165, 1.54) is 0 Å². The summed E-state index contributed by atoms with van der Waals surface area (Å²) in [5, 5.41) is 13.3. The molecule has 1 aliphatic rings. The second kappa shape index (κ2) is 6.57. The number of nitrogens with one attached hydrogen (secondary N) is 1. The van der Waals surface area contributed by atoms with Crippen LogP contribution in [0.4, 0.5) is 0 Å². The molecule has 1 aromatic carbocycles. The molecule has 104 valence electrons. The van der Waals surface area contributed by atoms with Gasteiger partial charge in [0.1, 0.15) is 11.9 Å². The van der Waals surface area contributed by atoms with Crippen LogP contribution in [0.15, 0.2) is 24.3 Å². The van der Waals surface area contributed by atoms with E-state index in [2.05, 4.69) is 12.2 Å². The molecule has 2 N–H and O–H groups in total. The molecule has 19 heavy (non-hydrogen) atoms. The number of hydrogen-bond acceptors (Lipinski definition) is 3. The monoisotopic (exact) mass is 263 g/mol. The highest BCUT2D eigenvalue weighted by atomic mass is 16.5. The molecule has 0 radical (unpaired) electrons. The van der Waals surface area contributed by atoms with Gasteiger partial charge in [-0.1, -0.05) is 31.5 Å². The van der Waals surface area contributed by atoms with Crippen molar-refractivity contribution in [3.8, 4) is 5.75 Å². The third kappa shape index (κ3) is 3.47. The highest BCUT2D eigenvalue weighted by Crippen LogP contribution is 2.31. The molecular weight excluding hydrogens is 242 g/mol. The Hall–Kier alpha value is -1.55. The molecule has 2 unspecified atom stereocenters. The quantitative estimate of drug-likeness (QED) is 0.875. The summed E-state index contributed by atoms with van der Waals surface area (Å²) in [7, 11) is 0. The molecular formula is C15H21NO3. The Morgan fingerprint density at radius 3 is 3.05 bits per heavy atom. The van der Waals surface area contributed by atoms with Crippen molar-refractivity contribution < 1.29 is 14.6 Å². The zero-order valence-electron chi connectivity index (χ0n) is 11.3. The van der Waals surface area contributed by atoms with Crippen molar-refractivity contribution in [1.82, 2.24) is 5.32 Å². The van der Waals surface area contributed by atoms with Gasteiger partial charge in [-0.25, -0.2) is 0 Å². The van der Waals surface area contributed by atoms with Crippen LogP contribution in [0.1, 0.15) is 44.3 Å². The fraction of sp³-hybridized carbons (Fsp3) is 0.533. The zero-order valence-corrected chi connectivity index (χ0v) is 11.3. The van der Waals surface area contributed by atoms with Gasteiger partial charge in [-0.3, -0.25) is 4.79 Å². The summed E-state index contributed by atoms with van der Waals surface area (Å²) >= 11 is 0. The molecule has 0 saturated carbocycles. The molecule has 1 aromatic rings. The van der Waals surface area contributed by atoms with E-state index in [0.717, 1.165) is 18.4 Å². The number of aliphatic hydroxyl groups excluding tert-OH is 1. The number of carbonyl (C=O) groups is 1. The number of para-hydroxylation sites is 1. The van der Waals surface area contributed by atoms with Gasteiger partial charge in [0.2, 0.25) is 5.91 Å². The maximum absolute atomic E-state index is 11.8. The summed E-state index contributed by atoms with van der Waals surface area (Å²) in [6.07, 6.45) is 2.30. The minimum Gasteiger partial charge on any atom is -0.493 e. The second-order valence-electron chi connectivity index (χ2n) is 4.90. The molecule has 1 aliphatic heterocycles. The molecule has 2 rings (SSSR count). The summed E-state index contributed by atoms with van der Waals surface area (Å²) in [4.78, 5) is 11.8. The summed E-state index contributed by atoms with van der Waals surface area (Å²) < 4.78 is 5.60. The SMILES string of the molecule is CCCCC(=O)NC1CCOc2ccccc2C1O. The lowest BCUT2D eigenvalue weighted by atomic mass is 10.00. The number of aliphatic hydroxyl groups is 1. The summed E-state index contributed by atoms with van der Waals surface area (Å²) in [5.74, 6) is 0.714. The standard InChI is InChI=1S/C15H21NO3/c1-2-3-8-14(17)16-12-9-10-19-13-7-5-4-6-11(13)15(12)18/h4-7,12,15,18H,2-3,8-10H2,1H3,(H,16,17). The predicted octanol–water partition coefficient (Wildman–Crippen LogP) is 2.18. The van der Waals surface area contributed by atoms with Gasteiger partial charge >= 0.3 is 0 Å². The fourth-order valence-electron chi connectivity index (χ4n) is 2.29. The molecule has 0 saturated heterocycles. The zero-order chi connectivity index (χ0) is 13.7. The Morgan fingerprint density at radius 1 is 1.47 bits per heavy atom. The van der Waals surface area contributed by atoms with Gasteiger partial charge in [-0.2, -0.15) is 0 Å². The van der Waals surface area contributed by atoms with Gasteiger partial charge in [0.25, 0.3) is 0 Å². The number of amides is 1. The maximum Gasteiger partial charge on any atom is 0.220 e. The Kier molecular flexibility index (Phi) is 4.80. The van der Waals surface area contributed by atoms with E-state index in [9.17, 15) is 9.90 Å². The van der Waals surface area contributed by atoms with Crippen LogP contribution in [0, 0.1) is 0 Å². The average Bonchev–Trinajstić information content (AvgIpc) is 2.58. The molecule has 1 amide bonds. The van der Waals surface area contributed by atoms with Gasteiger partial charge in [0.05, 0.1) is 12.6 Å². The van der Waals surface area contributed by atoms with Gasteiger partial charge in [-0.05, 0) is 12.5 Å². The van der Waals surface area contributed by atoms with E-state index in [4.69, 9.17) is 4.74 Å². The van der Waals surface area contributed by atoms with Crippen LogP contribution in [0.5, 0.6) is 5.75 Å². The van der Waals surface area contributed by atoms with Crippen molar-refractivity contribution >= 4 is 5.91 Å². The van der Waals surface area contributed by atoms with Gasteiger partial charge in [-0.15, -0.1) is 0 Å². The van der Waals surface area contributed by atoms with Crippen LogP contribution in [0.25, 0.3) is 0 Å². The Bertz CT molecular complexity index is 433. The minimum atomic E-state index is -0.704. The summed E-state index contributed by atoms with van der Waals surface area (Å²) in [5.41, 5.74) is 0.751. The van der Waals surface area contributed by atoms with E-state index >= 15 is 0 Å². The van der Waals surface area contributed by atoms with Gasteiger partial charge < -0.3 is 15.2 Å². The largest absolute Gasteiger partial charge is 0.493 e. The predicted molar refractivity (Wildman–Crippen MR) is 73.0 cm³/mol. The van der Waals surface area contributed by atoms with Crippen LogP contribution >= 0.6 is 0 Å². The van der Waals surface area contributed by atoms with Gasteiger partial charge in [0.15, 0.2) is 0 Å². The van der Waals surface area contributed by atoms with E-state index in [-0.39, 0.29) is 11.9 Å². The van der Waals surface area contributed by atoms with Crippen molar-refractivity contribution in [2.75, 3.05) is 6.61 Å². The highest BCUT2D eigenvalue weighted by molar-refractivity contribution is 5.76. The van der Waals surface area contributed by atoms with Crippen LogP contribution in [-0.2, 0) is 4.79 Å². The number of benzene rings is 1. The molecule has 0 spiro atoms. The van der Waals surface area contributed by atoms with Crippen molar-refractivity contribution in [3.05, 3.63) is 29.8 Å². The molecule has 0 aliphatic carbocycles. The Morgan fingerprint density at radius 2 is 2.26 bits per heavy atom. The first kappa shape index (κ1) is 13.9. The first-order valence-corrected chi connectivity index (χ1v) is 6.91. The summed E-state index contributed by atoms with van der Waals surface area (Å²) in [6.45, 7) is 2.56. The molecule has 0 fully saturated rings. The van der Waals surface area contributed by atoms with E-state index in [1.54, 1.807) is 0 Å². The average molecular weight is 263 g/mol. The first-order chi connectivity index (χ1) is 9.22. The molecule has 4 heteroatoms. The molecule has 2 atom stereocenters. The Balaban J connectivity index is 2.04. The smallest absolute Gasteiger partial charge is 0.220 e. The maximum atomic E-state index is 11.8. The van der Waals surface area contributed by atoms with Crippen LogP contribution in [-0.4, -0.2) is 23.7 Å². The van der Waals surface area contributed by atoms with Crippen LogP contribution < -0.4 is 10.1 Å². The number of rotatable bonds is 4. The Labute approximate surface area is 113 Å². The third-order valence-electron chi connectivity index (χ3n) is 3.41. The van der Waals surface area contributed by atoms with Crippen molar-refractivity contribution in [1.29, 1.82) is 0 Å². The van der Waals surface area contributed by atoms with E-state index < -0.39 is 6.10 Å². The topological polar surface area (TPSA) is 58.6 Å². The normalized spacial score (nSPS) is 22.0. The number of unbranched alkanes of at least 4 members (excludes halogenated alkanes) is 1. The summed E-state index contributed by atoms with van der Waals surface area (Å²) in [6, 6.07) is 7.17. The number of fused-ring (bicyclic) bond motifs is 1. The lowest BCUT2D eigenvalue weighted by Gasteiger charge is -2.21. The van der Waals surface area contributed by atoms with E-state index in [0.29, 0.717) is 25.2 Å². The molecule has 0 aromatic heterocycles. The van der Waals surface area contributed by atoms with Crippen molar-refractivity contribution in [2.45, 2.75) is 44.8 Å². The number of hydrogen-bond donors (Lipinski definition) is 2. The minimum absolute atomic E-state index is 0.00489. The lowest BCUT2D eigenvalue weighted by molar-refractivity contribution is -0.122. The fourth-order valence-corrected chi connectivity index (χ4v) is 2.29. The second-order valence-corrected chi connectivity index (χ2v) is 4.90. The van der Waals surface area contributed by atoms with Gasteiger partial charge in [0, 0.05) is 18.4 Å². The lowest BCUT2D eigenvalue weighted by Crippen LogP contribution is -2.39. The molecule has 1 heterocycles. The van der Waals surface area contributed by atoms with Crippen LogP contribution in [0.3, 0.4) is 0 Å². The number of carbonyl (C=O) groups excluding carboxylic acids is 1. The third-order valence-corrected chi connectivity index (χ3v) is 3.41. The highest BCUT2D eigenvalue weighted by Gasteiger charge is 2.27. The number of ether oxygens (including phenoxy) is 1. The van der Waals surface area contributed by atoms with Crippen molar-refractivity contribution in [2.24, 2.45) is 0 Å². The van der Waals surface area contributed by atoms with Crippen molar-refractivity contribution in [3.63, 3.8) is 0 Å². The first-order valence-electron chi connectivity index (χ1n) is 6.91. The molecule has 4 nitrogen and oxygen atoms in total.